The lowest BCUT2D eigenvalue weighted by atomic mass is 10.2. The number of rotatable bonds is 2. The Bertz CT molecular complexity index is 746. The lowest BCUT2D eigenvalue weighted by molar-refractivity contribution is 0.467. The summed E-state index contributed by atoms with van der Waals surface area (Å²) in [5, 5.41) is 1.85. The number of pyridine rings is 2. The zero-order valence-corrected chi connectivity index (χ0v) is 11.2. The molecular weight excluding hydrogens is 283 g/mol. The molecule has 19 heavy (non-hydrogen) atoms. The van der Waals surface area contributed by atoms with Gasteiger partial charge in [-0.05, 0) is 30.3 Å². The molecule has 0 saturated heterocycles. The van der Waals surface area contributed by atoms with Crippen LogP contribution < -0.4 is 4.74 Å². The normalized spacial score (nSPS) is 10.6. The van der Waals surface area contributed by atoms with Crippen molar-refractivity contribution in [3.8, 4) is 11.6 Å². The van der Waals surface area contributed by atoms with E-state index in [-0.39, 0.29) is 0 Å². The summed E-state index contributed by atoms with van der Waals surface area (Å²) in [7, 11) is 0. The Morgan fingerprint density at radius 1 is 0.947 bits per heavy atom. The lowest BCUT2D eigenvalue weighted by Crippen LogP contribution is -1.90. The van der Waals surface area contributed by atoms with Gasteiger partial charge in [0.2, 0.25) is 5.88 Å². The van der Waals surface area contributed by atoms with Crippen LogP contribution in [-0.4, -0.2) is 9.97 Å². The maximum Gasteiger partial charge on any atom is 0.220 e. The van der Waals surface area contributed by atoms with Gasteiger partial charge in [-0.15, -0.1) is 0 Å². The van der Waals surface area contributed by atoms with E-state index in [0.29, 0.717) is 27.3 Å². The molecule has 3 nitrogen and oxygen atoms in total. The van der Waals surface area contributed by atoms with Crippen molar-refractivity contribution in [1.82, 2.24) is 9.97 Å². The quantitative estimate of drug-likeness (QED) is 0.640. The number of nitrogens with zero attached hydrogens (tertiary/aromatic N) is 2. The molecule has 0 unspecified atom stereocenters. The Labute approximate surface area is 119 Å². The van der Waals surface area contributed by atoms with E-state index in [4.69, 9.17) is 27.9 Å². The molecule has 0 fully saturated rings. The van der Waals surface area contributed by atoms with Crippen molar-refractivity contribution in [1.29, 1.82) is 0 Å². The minimum Gasteiger partial charge on any atom is -0.437 e. The second-order valence-electron chi connectivity index (χ2n) is 3.85. The number of ether oxygens (including phenoxy) is 1. The number of halogens is 2. The average Bonchev–Trinajstić information content (AvgIpc) is 2.42. The molecule has 0 spiro atoms. The minimum atomic E-state index is 0.378. The molecule has 1 aromatic carbocycles. The van der Waals surface area contributed by atoms with Crippen LogP contribution in [0.1, 0.15) is 0 Å². The molecule has 0 aliphatic carbocycles. The van der Waals surface area contributed by atoms with Crippen LogP contribution in [0.15, 0.2) is 48.7 Å². The summed E-state index contributed by atoms with van der Waals surface area (Å²) >= 11 is 12.0. The van der Waals surface area contributed by atoms with Crippen molar-refractivity contribution < 1.29 is 4.74 Å². The fourth-order valence-electron chi connectivity index (χ4n) is 1.75. The van der Waals surface area contributed by atoms with Crippen molar-refractivity contribution in [2.75, 3.05) is 0 Å². The van der Waals surface area contributed by atoms with Gasteiger partial charge >= 0.3 is 0 Å². The van der Waals surface area contributed by atoms with Crippen molar-refractivity contribution in [2.45, 2.75) is 0 Å². The maximum absolute atomic E-state index is 6.12. The van der Waals surface area contributed by atoms with Gasteiger partial charge in [0.1, 0.15) is 10.7 Å². The zero-order chi connectivity index (χ0) is 13.2. The van der Waals surface area contributed by atoms with Gasteiger partial charge in [-0.2, -0.15) is 0 Å². The Hall–Kier alpha value is -1.84. The second-order valence-corrected chi connectivity index (χ2v) is 4.64. The molecule has 3 aromatic rings. The van der Waals surface area contributed by atoms with Crippen LogP contribution in [0.25, 0.3) is 10.9 Å². The highest BCUT2D eigenvalue weighted by Crippen LogP contribution is 2.32. The Morgan fingerprint density at radius 2 is 1.84 bits per heavy atom. The summed E-state index contributed by atoms with van der Waals surface area (Å²) in [6.45, 7) is 0. The molecule has 3 rings (SSSR count). The molecule has 0 radical (unpaired) electrons. The molecular formula is C14H8Cl2N2O. The second kappa shape index (κ2) is 5.03. The molecule has 0 atom stereocenters. The minimum absolute atomic E-state index is 0.378. The first-order valence-corrected chi connectivity index (χ1v) is 6.33. The van der Waals surface area contributed by atoms with Gasteiger partial charge in [0, 0.05) is 17.6 Å². The zero-order valence-electron chi connectivity index (χ0n) is 9.68. The molecule has 5 heteroatoms. The Balaban J connectivity index is 2.09. The average molecular weight is 291 g/mol. The fraction of sp³-hybridized carbons (Fsp3) is 0. The van der Waals surface area contributed by atoms with Crippen molar-refractivity contribution in [2.24, 2.45) is 0 Å². The standard InChI is InChI=1S/C14H8Cl2N2O/c15-10-6-7-11(14-9(10)3-2-8-17-14)19-13-5-1-4-12(16)18-13/h1-8H. The number of hydrogen-bond acceptors (Lipinski definition) is 3. The predicted molar refractivity (Wildman–Crippen MR) is 76.1 cm³/mol. The van der Waals surface area contributed by atoms with E-state index in [0.717, 1.165) is 5.39 Å². The Kier molecular flexibility index (Phi) is 3.23. The third-order valence-electron chi connectivity index (χ3n) is 2.58. The van der Waals surface area contributed by atoms with Gasteiger partial charge in [0.15, 0.2) is 5.75 Å². The predicted octanol–water partition coefficient (Wildman–Crippen LogP) is 4.73. The molecule has 0 aliphatic rings. The molecule has 94 valence electrons. The van der Waals surface area contributed by atoms with Crippen LogP contribution in [-0.2, 0) is 0 Å². The third-order valence-corrected chi connectivity index (χ3v) is 3.12. The first kappa shape index (κ1) is 12.2. The van der Waals surface area contributed by atoms with Crippen molar-refractivity contribution in [3.63, 3.8) is 0 Å². The summed E-state index contributed by atoms with van der Waals surface area (Å²) in [6, 6.07) is 12.4. The van der Waals surface area contributed by atoms with E-state index in [2.05, 4.69) is 9.97 Å². The highest BCUT2D eigenvalue weighted by molar-refractivity contribution is 6.35. The summed E-state index contributed by atoms with van der Waals surface area (Å²) in [4.78, 5) is 8.37. The molecule has 0 amide bonds. The van der Waals surface area contributed by atoms with Crippen LogP contribution >= 0.6 is 23.2 Å². The van der Waals surface area contributed by atoms with E-state index in [1.165, 1.54) is 0 Å². The van der Waals surface area contributed by atoms with E-state index in [9.17, 15) is 0 Å². The first-order chi connectivity index (χ1) is 9.24. The van der Waals surface area contributed by atoms with Gasteiger partial charge in [-0.1, -0.05) is 29.3 Å². The van der Waals surface area contributed by atoms with Crippen molar-refractivity contribution >= 4 is 34.1 Å². The highest BCUT2D eigenvalue weighted by atomic mass is 35.5. The van der Waals surface area contributed by atoms with Crippen LogP contribution in [0.4, 0.5) is 0 Å². The van der Waals surface area contributed by atoms with Gasteiger partial charge < -0.3 is 4.74 Å². The molecule has 2 aromatic heterocycles. The van der Waals surface area contributed by atoms with E-state index >= 15 is 0 Å². The van der Waals surface area contributed by atoms with Gasteiger partial charge in [-0.25, -0.2) is 4.98 Å². The van der Waals surface area contributed by atoms with E-state index in [1.807, 2.05) is 12.1 Å². The summed E-state index contributed by atoms with van der Waals surface area (Å²) < 4.78 is 5.71. The van der Waals surface area contributed by atoms with Crippen LogP contribution in [0.2, 0.25) is 10.2 Å². The highest BCUT2D eigenvalue weighted by Gasteiger charge is 2.08. The van der Waals surface area contributed by atoms with Gasteiger partial charge in [0.05, 0.1) is 5.02 Å². The molecule has 0 bridgehead atoms. The van der Waals surface area contributed by atoms with Gasteiger partial charge in [-0.3, -0.25) is 4.98 Å². The lowest BCUT2D eigenvalue weighted by Gasteiger charge is -2.08. The summed E-state index contributed by atoms with van der Waals surface area (Å²) in [6.07, 6.45) is 1.69. The summed E-state index contributed by atoms with van der Waals surface area (Å²) in [5.41, 5.74) is 0.691. The smallest absolute Gasteiger partial charge is 0.220 e. The van der Waals surface area contributed by atoms with Crippen molar-refractivity contribution in [3.05, 3.63) is 58.8 Å². The number of hydrogen-bond donors (Lipinski definition) is 0. The van der Waals surface area contributed by atoms with Gasteiger partial charge in [0.25, 0.3) is 0 Å². The SMILES string of the molecule is Clc1cccc(Oc2ccc(Cl)c3cccnc23)n1. The summed E-state index contributed by atoms with van der Waals surface area (Å²) in [5.74, 6) is 1.01. The van der Waals surface area contributed by atoms with E-state index in [1.54, 1.807) is 36.5 Å². The van der Waals surface area contributed by atoms with E-state index < -0.39 is 0 Å². The fourth-order valence-corrected chi connectivity index (χ4v) is 2.12. The van der Waals surface area contributed by atoms with Crippen LogP contribution in [0.5, 0.6) is 11.6 Å². The number of benzene rings is 1. The molecule has 2 heterocycles. The monoisotopic (exact) mass is 290 g/mol. The Morgan fingerprint density at radius 3 is 2.68 bits per heavy atom. The maximum atomic E-state index is 6.12. The molecule has 0 N–H and O–H groups in total. The molecule has 0 saturated carbocycles. The first-order valence-electron chi connectivity index (χ1n) is 5.58. The third kappa shape index (κ3) is 2.48. The molecule has 0 aliphatic heterocycles. The van der Waals surface area contributed by atoms with Crippen LogP contribution in [0, 0.1) is 0 Å². The number of fused-ring (bicyclic) bond motifs is 1. The van der Waals surface area contributed by atoms with Crippen LogP contribution in [0.3, 0.4) is 0 Å². The largest absolute Gasteiger partial charge is 0.437 e. The number of aromatic nitrogens is 2. The topological polar surface area (TPSA) is 35.0 Å².